The molecule has 2 rings (SSSR count). The number of nitrogens with one attached hydrogen (secondary N) is 1. The fourth-order valence-electron chi connectivity index (χ4n) is 2.62. The minimum absolute atomic E-state index is 0.335. The minimum Gasteiger partial charge on any atom is -0.451 e. The van der Waals surface area contributed by atoms with Crippen LogP contribution in [0.2, 0.25) is 0 Å². The molecule has 0 aliphatic rings. The maximum Gasteiger partial charge on any atom is 0.328 e. The monoisotopic (exact) mass is 387 g/mol. The lowest BCUT2D eigenvalue weighted by atomic mass is 10.0. The first-order valence-corrected chi connectivity index (χ1v) is 8.92. The van der Waals surface area contributed by atoms with Gasteiger partial charge in [0.1, 0.15) is 6.54 Å². The summed E-state index contributed by atoms with van der Waals surface area (Å²) >= 11 is 0. The Morgan fingerprint density at radius 3 is 2.36 bits per heavy atom. The molecule has 0 unspecified atom stereocenters. The van der Waals surface area contributed by atoms with Crippen molar-refractivity contribution < 1.29 is 14.3 Å². The Labute approximate surface area is 162 Å². The van der Waals surface area contributed by atoms with Crippen molar-refractivity contribution in [3.63, 3.8) is 0 Å². The molecular weight excluding hydrogens is 362 g/mol. The van der Waals surface area contributed by atoms with Crippen LogP contribution in [0.1, 0.15) is 33.3 Å². The average Bonchev–Trinajstić information content (AvgIpc) is 2.61. The smallest absolute Gasteiger partial charge is 0.328 e. The number of ether oxygens (including phenoxy) is 1. The van der Waals surface area contributed by atoms with Crippen LogP contribution in [0.5, 0.6) is 0 Å². The second-order valence-electron chi connectivity index (χ2n) is 7.45. The molecule has 150 valence electrons. The number of H-pyrrole nitrogens is 1. The van der Waals surface area contributed by atoms with Crippen molar-refractivity contribution in [2.24, 2.45) is 0 Å². The van der Waals surface area contributed by atoms with Gasteiger partial charge in [0, 0.05) is 24.3 Å². The molecule has 0 bridgehead atoms. The lowest BCUT2D eigenvalue weighted by Crippen LogP contribution is -2.49. The molecule has 1 N–H and O–H groups in total. The molecule has 0 fully saturated rings. The maximum absolute atomic E-state index is 12.9. The first kappa shape index (κ1) is 21.1. The molecule has 2 aromatic rings. The van der Waals surface area contributed by atoms with Gasteiger partial charge >= 0.3 is 11.7 Å². The van der Waals surface area contributed by atoms with Gasteiger partial charge in [0.2, 0.25) is 0 Å². The second kappa shape index (κ2) is 8.69. The van der Waals surface area contributed by atoms with Gasteiger partial charge in [-0.25, -0.2) is 4.79 Å². The highest BCUT2D eigenvalue weighted by molar-refractivity contribution is 5.84. The summed E-state index contributed by atoms with van der Waals surface area (Å²) < 4.78 is 6.24. The summed E-state index contributed by atoms with van der Waals surface area (Å²) in [6.07, 6.45) is 0.181. The van der Waals surface area contributed by atoms with E-state index >= 15 is 0 Å². The van der Waals surface area contributed by atoms with E-state index < -0.39 is 35.4 Å². The fraction of sp³-hybridized carbons (Fsp3) is 0.400. The van der Waals surface area contributed by atoms with E-state index in [9.17, 15) is 19.2 Å². The zero-order valence-electron chi connectivity index (χ0n) is 16.5. The molecule has 0 aliphatic heterocycles. The van der Waals surface area contributed by atoms with Gasteiger partial charge in [-0.05, 0) is 33.3 Å². The summed E-state index contributed by atoms with van der Waals surface area (Å²) in [4.78, 5) is 51.5. The van der Waals surface area contributed by atoms with Gasteiger partial charge in [0.15, 0.2) is 6.10 Å². The Bertz CT molecular complexity index is 941. The number of carbonyl (C=O) groups is 2. The summed E-state index contributed by atoms with van der Waals surface area (Å²) in [5.41, 5.74) is -0.795. The number of esters is 1. The number of hydrogen-bond acceptors (Lipinski definition) is 5. The third-order valence-electron chi connectivity index (χ3n) is 4.11. The van der Waals surface area contributed by atoms with E-state index in [2.05, 4.69) is 4.98 Å². The van der Waals surface area contributed by atoms with Crippen molar-refractivity contribution in [3.8, 4) is 0 Å². The van der Waals surface area contributed by atoms with Crippen LogP contribution in [0, 0.1) is 0 Å². The topological polar surface area (TPSA) is 101 Å². The van der Waals surface area contributed by atoms with Crippen molar-refractivity contribution in [1.29, 1.82) is 0 Å². The molecule has 1 aromatic carbocycles. The van der Waals surface area contributed by atoms with E-state index in [1.165, 1.54) is 13.1 Å². The highest BCUT2D eigenvalue weighted by atomic mass is 16.5. The first-order valence-electron chi connectivity index (χ1n) is 8.92. The molecule has 0 spiro atoms. The van der Waals surface area contributed by atoms with Gasteiger partial charge in [-0.2, -0.15) is 0 Å². The number of hydrogen-bond donors (Lipinski definition) is 1. The third kappa shape index (κ3) is 5.67. The van der Waals surface area contributed by atoms with E-state index in [0.29, 0.717) is 6.54 Å². The molecule has 0 saturated carbocycles. The van der Waals surface area contributed by atoms with Gasteiger partial charge in [-0.3, -0.25) is 23.9 Å². The Hall–Kier alpha value is -3.16. The molecule has 0 saturated heterocycles. The number of benzene rings is 1. The largest absolute Gasteiger partial charge is 0.451 e. The van der Waals surface area contributed by atoms with Crippen LogP contribution in [0.15, 0.2) is 52.2 Å². The Kier molecular flexibility index (Phi) is 6.56. The van der Waals surface area contributed by atoms with Crippen LogP contribution in [-0.4, -0.2) is 38.0 Å². The standard InChI is InChI=1S/C20H25N3O5/c1-14(28-17(25)13-22-11-10-16(24)21-19(22)27)18(26)23(20(2,3)4)12-15-8-6-5-7-9-15/h5-11,14H,12-13H2,1-4H3,(H,21,24,27)/t14-/m1/s1. The molecule has 1 atom stereocenters. The van der Waals surface area contributed by atoms with Crippen LogP contribution in [0.3, 0.4) is 0 Å². The van der Waals surface area contributed by atoms with E-state index in [-0.39, 0.29) is 5.91 Å². The van der Waals surface area contributed by atoms with E-state index in [0.717, 1.165) is 16.2 Å². The van der Waals surface area contributed by atoms with Crippen LogP contribution in [0.4, 0.5) is 0 Å². The molecule has 1 aromatic heterocycles. The summed E-state index contributed by atoms with van der Waals surface area (Å²) in [6, 6.07) is 10.7. The highest BCUT2D eigenvalue weighted by Gasteiger charge is 2.31. The van der Waals surface area contributed by atoms with Crippen LogP contribution in [0.25, 0.3) is 0 Å². The number of aromatic amines is 1. The number of aromatic nitrogens is 2. The van der Waals surface area contributed by atoms with Gasteiger partial charge < -0.3 is 9.64 Å². The second-order valence-corrected chi connectivity index (χ2v) is 7.45. The summed E-state index contributed by atoms with van der Waals surface area (Å²) in [5, 5.41) is 0. The van der Waals surface area contributed by atoms with Crippen LogP contribution in [-0.2, 0) is 27.4 Å². The number of nitrogens with zero attached hydrogens (tertiary/aromatic N) is 2. The average molecular weight is 387 g/mol. The van der Waals surface area contributed by atoms with E-state index in [4.69, 9.17) is 4.74 Å². The van der Waals surface area contributed by atoms with Gasteiger partial charge in [-0.1, -0.05) is 30.3 Å². The van der Waals surface area contributed by atoms with Crippen molar-refractivity contribution in [2.45, 2.75) is 52.4 Å². The molecular formula is C20H25N3O5. The molecule has 1 heterocycles. The molecule has 28 heavy (non-hydrogen) atoms. The summed E-state index contributed by atoms with van der Waals surface area (Å²) in [7, 11) is 0. The molecule has 0 aliphatic carbocycles. The van der Waals surface area contributed by atoms with Crippen molar-refractivity contribution in [3.05, 3.63) is 69.0 Å². The quantitative estimate of drug-likeness (QED) is 0.753. The van der Waals surface area contributed by atoms with E-state index in [1.54, 1.807) is 4.90 Å². The predicted octanol–water partition coefficient (Wildman–Crippen LogP) is 1.30. The Balaban J connectivity index is 2.08. The molecule has 0 radical (unpaired) electrons. The van der Waals surface area contributed by atoms with Crippen molar-refractivity contribution >= 4 is 11.9 Å². The minimum atomic E-state index is -1.02. The molecule has 8 nitrogen and oxygen atoms in total. The lowest BCUT2D eigenvalue weighted by Gasteiger charge is -2.37. The maximum atomic E-state index is 12.9. The van der Waals surface area contributed by atoms with Gasteiger partial charge in [0.05, 0.1) is 0 Å². The normalized spacial score (nSPS) is 12.3. The van der Waals surface area contributed by atoms with Crippen LogP contribution >= 0.6 is 0 Å². The number of amides is 1. The van der Waals surface area contributed by atoms with E-state index in [1.807, 2.05) is 51.1 Å². The Morgan fingerprint density at radius 2 is 1.79 bits per heavy atom. The summed E-state index contributed by atoms with van der Waals surface area (Å²) in [6.45, 7) is 7.19. The summed E-state index contributed by atoms with van der Waals surface area (Å²) in [5.74, 6) is -1.08. The molecule has 8 heteroatoms. The van der Waals surface area contributed by atoms with Crippen molar-refractivity contribution in [1.82, 2.24) is 14.5 Å². The third-order valence-corrected chi connectivity index (χ3v) is 4.11. The van der Waals surface area contributed by atoms with Gasteiger partial charge in [0.25, 0.3) is 11.5 Å². The predicted molar refractivity (Wildman–Crippen MR) is 104 cm³/mol. The number of rotatable bonds is 6. The Morgan fingerprint density at radius 1 is 1.14 bits per heavy atom. The first-order chi connectivity index (χ1) is 13.1. The SMILES string of the molecule is C[C@@H](OC(=O)Cn1ccc(=O)[nH]c1=O)C(=O)N(Cc1ccccc1)C(C)(C)C. The fourth-order valence-corrected chi connectivity index (χ4v) is 2.62. The highest BCUT2D eigenvalue weighted by Crippen LogP contribution is 2.19. The lowest BCUT2D eigenvalue weighted by molar-refractivity contribution is -0.162. The van der Waals surface area contributed by atoms with Gasteiger partial charge in [-0.15, -0.1) is 0 Å². The molecule has 1 amide bonds. The van der Waals surface area contributed by atoms with Crippen LogP contribution < -0.4 is 11.2 Å². The van der Waals surface area contributed by atoms with Crippen molar-refractivity contribution in [2.75, 3.05) is 0 Å². The zero-order valence-corrected chi connectivity index (χ0v) is 16.5. The zero-order chi connectivity index (χ0) is 20.9. The number of carbonyl (C=O) groups excluding carboxylic acids is 2.